The number of hydrogen-bond acceptors (Lipinski definition) is 3. The largest absolute Gasteiger partial charge is 0.306 e. The first-order valence-corrected chi connectivity index (χ1v) is 8.07. The second-order valence-corrected chi connectivity index (χ2v) is 6.39. The van der Waals surface area contributed by atoms with Crippen molar-refractivity contribution in [3.05, 3.63) is 48.0 Å². The van der Waals surface area contributed by atoms with Gasteiger partial charge in [0.05, 0.1) is 5.75 Å². The molecule has 1 heterocycles. The summed E-state index contributed by atoms with van der Waals surface area (Å²) in [5.41, 5.74) is 1.21. The lowest BCUT2D eigenvalue weighted by atomic mass is 9.87. The fraction of sp³-hybridized carbons (Fsp3) is 0.429. The van der Waals surface area contributed by atoms with Gasteiger partial charge in [-0.05, 0) is 24.3 Å². The van der Waals surface area contributed by atoms with E-state index in [4.69, 9.17) is 4.55 Å². The van der Waals surface area contributed by atoms with Crippen LogP contribution in [-0.4, -0.2) is 25.3 Å². The molecule has 1 aliphatic heterocycles. The van der Waals surface area contributed by atoms with E-state index in [-0.39, 0.29) is 17.7 Å². The van der Waals surface area contributed by atoms with Gasteiger partial charge in [-0.2, -0.15) is 8.42 Å². The molecule has 0 saturated heterocycles. The lowest BCUT2D eigenvalue weighted by Gasteiger charge is -2.29. The highest BCUT2D eigenvalue weighted by molar-refractivity contribution is 7.85. The maximum absolute atomic E-state index is 10.7. The topological polar surface area (TPSA) is 66.4 Å². The molecule has 2 unspecified atom stereocenters. The highest BCUT2D eigenvalue weighted by atomic mass is 32.2. The van der Waals surface area contributed by atoms with Crippen molar-refractivity contribution in [1.82, 2.24) is 5.32 Å². The van der Waals surface area contributed by atoms with Crippen LogP contribution in [0.15, 0.2) is 42.5 Å². The first-order chi connectivity index (χ1) is 9.06. The molecule has 0 aromatic heterocycles. The van der Waals surface area contributed by atoms with Gasteiger partial charge in [0.1, 0.15) is 0 Å². The first kappa shape index (κ1) is 14.2. The molecular weight excluding hydrogens is 262 g/mol. The first-order valence-electron chi connectivity index (χ1n) is 6.46. The highest BCUT2D eigenvalue weighted by Gasteiger charge is 2.22. The molecule has 4 nitrogen and oxygen atoms in total. The van der Waals surface area contributed by atoms with Crippen molar-refractivity contribution >= 4 is 10.1 Å². The smallest absolute Gasteiger partial charge is 0.264 e. The van der Waals surface area contributed by atoms with E-state index in [0.717, 1.165) is 13.0 Å². The van der Waals surface area contributed by atoms with Crippen LogP contribution in [0.25, 0.3) is 0 Å². The summed E-state index contributed by atoms with van der Waals surface area (Å²) in [7, 11) is -3.85. The maximum Gasteiger partial charge on any atom is 0.264 e. The van der Waals surface area contributed by atoms with Crippen LogP contribution in [0.4, 0.5) is 0 Å². The average Bonchev–Trinajstić information content (AvgIpc) is 2.39. The zero-order chi connectivity index (χ0) is 13.7. The lowest BCUT2D eigenvalue weighted by Crippen LogP contribution is -2.31. The van der Waals surface area contributed by atoms with Crippen molar-refractivity contribution in [2.45, 2.75) is 18.9 Å². The molecule has 19 heavy (non-hydrogen) atoms. The van der Waals surface area contributed by atoms with Gasteiger partial charge in [-0.3, -0.25) is 4.55 Å². The Bertz CT molecular complexity index is 525. The molecule has 104 valence electrons. The molecule has 2 rings (SSSR count). The molecule has 0 amide bonds. The van der Waals surface area contributed by atoms with E-state index in [1.54, 1.807) is 0 Å². The molecule has 0 aliphatic carbocycles. The zero-order valence-corrected chi connectivity index (χ0v) is 11.5. The predicted molar refractivity (Wildman–Crippen MR) is 75.5 cm³/mol. The van der Waals surface area contributed by atoms with E-state index in [1.807, 2.05) is 18.2 Å². The summed E-state index contributed by atoms with van der Waals surface area (Å²) in [6, 6.07) is 10.4. The van der Waals surface area contributed by atoms with Gasteiger partial charge < -0.3 is 5.32 Å². The maximum atomic E-state index is 10.7. The fourth-order valence-electron chi connectivity index (χ4n) is 2.49. The quantitative estimate of drug-likeness (QED) is 0.641. The molecule has 1 aromatic rings. The van der Waals surface area contributed by atoms with Gasteiger partial charge in [0, 0.05) is 12.6 Å². The van der Waals surface area contributed by atoms with Crippen LogP contribution in [-0.2, 0) is 10.1 Å². The minimum absolute atomic E-state index is 0.168. The Morgan fingerprint density at radius 1 is 1.26 bits per heavy atom. The van der Waals surface area contributed by atoms with Crippen LogP contribution in [0.1, 0.15) is 24.4 Å². The normalized spacial score (nSPS) is 23.4. The summed E-state index contributed by atoms with van der Waals surface area (Å²) < 4.78 is 30.3. The second-order valence-electron chi connectivity index (χ2n) is 4.82. The van der Waals surface area contributed by atoms with Crippen molar-refractivity contribution in [3.63, 3.8) is 0 Å². The number of hydrogen-bond donors (Lipinski definition) is 2. The third-order valence-electron chi connectivity index (χ3n) is 3.37. The highest BCUT2D eigenvalue weighted by Crippen LogP contribution is 2.29. The minimum atomic E-state index is -3.85. The van der Waals surface area contributed by atoms with E-state index < -0.39 is 10.1 Å². The van der Waals surface area contributed by atoms with Gasteiger partial charge >= 0.3 is 0 Å². The third kappa shape index (κ3) is 4.45. The molecule has 2 N–H and O–H groups in total. The van der Waals surface area contributed by atoms with E-state index in [1.165, 1.54) is 5.56 Å². The van der Waals surface area contributed by atoms with Crippen molar-refractivity contribution in [2.24, 2.45) is 5.92 Å². The number of benzene rings is 1. The molecule has 0 fully saturated rings. The number of rotatable bonds is 5. The van der Waals surface area contributed by atoms with E-state index >= 15 is 0 Å². The van der Waals surface area contributed by atoms with Crippen molar-refractivity contribution in [2.75, 3.05) is 12.3 Å². The van der Waals surface area contributed by atoms with Gasteiger partial charge in [0.25, 0.3) is 10.1 Å². The van der Waals surface area contributed by atoms with Crippen LogP contribution in [0.3, 0.4) is 0 Å². The summed E-state index contributed by atoms with van der Waals surface area (Å²) in [6.45, 7) is 0.828. The SMILES string of the molecule is O=S(=O)(O)CCCC1C=CCNC1c1ccccc1. The van der Waals surface area contributed by atoms with E-state index in [0.29, 0.717) is 6.42 Å². The summed E-state index contributed by atoms with van der Waals surface area (Å²) >= 11 is 0. The average molecular weight is 281 g/mol. The van der Waals surface area contributed by atoms with Crippen molar-refractivity contribution in [1.29, 1.82) is 0 Å². The Morgan fingerprint density at radius 3 is 2.68 bits per heavy atom. The summed E-state index contributed by atoms with van der Waals surface area (Å²) in [6.07, 6.45) is 5.41. The van der Waals surface area contributed by atoms with Crippen LogP contribution >= 0.6 is 0 Å². The summed E-state index contributed by atoms with van der Waals surface area (Å²) in [5.74, 6) is 0.0941. The van der Waals surface area contributed by atoms with Gasteiger partial charge in [0.2, 0.25) is 0 Å². The third-order valence-corrected chi connectivity index (χ3v) is 4.17. The Kier molecular flexibility index (Phi) is 4.74. The van der Waals surface area contributed by atoms with Crippen LogP contribution in [0.2, 0.25) is 0 Å². The second kappa shape index (κ2) is 6.32. The molecule has 0 spiro atoms. The molecule has 1 aliphatic rings. The Hall–Kier alpha value is -1.17. The van der Waals surface area contributed by atoms with Gasteiger partial charge in [-0.25, -0.2) is 0 Å². The molecule has 0 bridgehead atoms. The molecule has 1 aromatic carbocycles. The van der Waals surface area contributed by atoms with Gasteiger partial charge in [-0.15, -0.1) is 0 Å². The van der Waals surface area contributed by atoms with Gasteiger partial charge in [-0.1, -0.05) is 42.5 Å². The number of nitrogens with one attached hydrogen (secondary N) is 1. The lowest BCUT2D eigenvalue weighted by molar-refractivity contribution is 0.392. The Morgan fingerprint density at radius 2 is 2.00 bits per heavy atom. The van der Waals surface area contributed by atoms with Crippen LogP contribution in [0.5, 0.6) is 0 Å². The van der Waals surface area contributed by atoms with Crippen molar-refractivity contribution < 1.29 is 13.0 Å². The van der Waals surface area contributed by atoms with E-state index in [9.17, 15) is 8.42 Å². The predicted octanol–water partition coefficient (Wildman–Crippen LogP) is 2.17. The van der Waals surface area contributed by atoms with Crippen LogP contribution < -0.4 is 5.32 Å². The summed E-state index contributed by atoms with van der Waals surface area (Å²) in [5, 5.41) is 3.43. The molecule has 0 radical (unpaired) electrons. The standard InChI is InChI=1S/C14H19NO3S/c16-19(17,18)11-5-9-13-8-4-10-15-14(13)12-6-2-1-3-7-12/h1-4,6-8,13-15H,5,9-11H2,(H,16,17,18). The van der Waals surface area contributed by atoms with Gasteiger partial charge in [0.15, 0.2) is 0 Å². The van der Waals surface area contributed by atoms with Crippen LogP contribution in [0, 0.1) is 5.92 Å². The molecule has 2 atom stereocenters. The van der Waals surface area contributed by atoms with E-state index in [2.05, 4.69) is 29.6 Å². The molecule has 5 heteroatoms. The minimum Gasteiger partial charge on any atom is -0.306 e. The molecular formula is C14H19NO3S. The summed E-state index contributed by atoms with van der Waals surface area (Å²) in [4.78, 5) is 0. The Labute approximate surface area is 114 Å². The zero-order valence-electron chi connectivity index (χ0n) is 10.7. The Balaban J connectivity index is 2.00. The van der Waals surface area contributed by atoms with Crippen molar-refractivity contribution in [3.8, 4) is 0 Å². The fourth-order valence-corrected chi connectivity index (χ4v) is 3.02. The molecule has 0 saturated carbocycles. The monoisotopic (exact) mass is 281 g/mol.